The first-order valence-corrected chi connectivity index (χ1v) is 6.55. The van der Waals surface area contributed by atoms with E-state index < -0.39 is 5.41 Å². The molecular formula is C15H17NO2. The van der Waals surface area contributed by atoms with Crippen molar-refractivity contribution >= 4 is 17.4 Å². The molecule has 3 nitrogen and oxygen atoms in total. The molecule has 2 unspecified atom stereocenters. The summed E-state index contributed by atoms with van der Waals surface area (Å²) >= 11 is 0. The molecule has 0 saturated heterocycles. The number of carbonyl (C=O) groups excluding carboxylic acids is 2. The summed E-state index contributed by atoms with van der Waals surface area (Å²) in [4.78, 5) is 24.0. The number of para-hydroxylation sites is 1. The summed E-state index contributed by atoms with van der Waals surface area (Å²) in [5, 5.41) is 2.95. The second-order valence-electron chi connectivity index (χ2n) is 5.53. The Bertz CT molecular complexity index is 523. The van der Waals surface area contributed by atoms with Crippen LogP contribution in [0.2, 0.25) is 0 Å². The molecule has 0 spiro atoms. The van der Waals surface area contributed by atoms with Gasteiger partial charge in [0.05, 0.1) is 5.41 Å². The summed E-state index contributed by atoms with van der Waals surface area (Å²) in [6.07, 6.45) is 3.09. The molecule has 1 saturated carbocycles. The van der Waals surface area contributed by atoms with Gasteiger partial charge in [-0.15, -0.1) is 0 Å². The highest BCUT2D eigenvalue weighted by atomic mass is 16.2. The maximum atomic E-state index is 12.3. The Labute approximate surface area is 107 Å². The average Bonchev–Trinajstić information content (AvgIpc) is 2.63. The van der Waals surface area contributed by atoms with Crippen LogP contribution in [0.1, 0.15) is 38.2 Å². The lowest BCUT2D eigenvalue weighted by Gasteiger charge is -2.34. The number of fused-ring (bicyclic) bond motifs is 1. The summed E-state index contributed by atoms with van der Waals surface area (Å²) in [7, 11) is 0. The van der Waals surface area contributed by atoms with Crippen LogP contribution in [-0.4, -0.2) is 11.7 Å². The second kappa shape index (κ2) is 3.94. The van der Waals surface area contributed by atoms with Crippen LogP contribution in [0.25, 0.3) is 0 Å². The average molecular weight is 243 g/mol. The molecule has 0 bridgehead atoms. The van der Waals surface area contributed by atoms with Crippen LogP contribution in [0.3, 0.4) is 0 Å². The van der Waals surface area contributed by atoms with E-state index in [2.05, 4.69) is 5.32 Å². The Morgan fingerprint density at radius 1 is 1.28 bits per heavy atom. The van der Waals surface area contributed by atoms with Gasteiger partial charge in [-0.1, -0.05) is 18.2 Å². The van der Waals surface area contributed by atoms with Crippen LogP contribution in [0.15, 0.2) is 24.3 Å². The molecule has 3 heteroatoms. The number of ketones is 1. The summed E-state index contributed by atoms with van der Waals surface area (Å²) in [6, 6.07) is 7.83. The van der Waals surface area contributed by atoms with Crippen LogP contribution in [-0.2, 0) is 15.0 Å². The Balaban J connectivity index is 2.03. The highest BCUT2D eigenvalue weighted by Gasteiger charge is 2.49. The second-order valence-corrected chi connectivity index (χ2v) is 5.53. The van der Waals surface area contributed by atoms with Crippen LogP contribution in [0.4, 0.5) is 5.69 Å². The maximum absolute atomic E-state index is 12.3. The molecule has 1 aromatic carbocycles. The number of benzene rings is 1. The number of nitrogens with one attached hydrogen (secondary N) is 1. The van der Waals surface area contributed by atoms with Gasteiger partial charge < -0.3 is 5.32 Å². The number of carbonyl (C=O) groups is 2. The number of rotatable bonds is 1. The predicted octanol–water partition coefficient (Wildman–Crippen LogP) is 2.66. The van der Waals surface area contributed by atoms with Gasteiger partial charge in [-0.05, 0) is 37.3 Å². The molecule has 18 heavy (non-hydrogen) atoms. The molecule has 0 radical (unpaired) electrons. The molecule has 1 aliphatic heterocycles. The van der Waals surface area contributed by atoms with Crippen molar-refractivity contribution in [3.63, 3.8) is 0 Å². The summed E-state index contributed by atoms with van der Waals surface area (Å²) < 4.78 is 0. The van der Waals surface area contributed by atoms with Gasteiger partial charge in [0.25, 0.3) is 0 Å². The quantitative estimate of drug-likeness (QED) is 0.824. The van der Waals surface area contributed by atoms with Crippen LogP contribution < -0.4 is 5.32 Å². The summed E-state index contributed by atoms with van der Waals surface area (Å²) in [5.41, 5.74) is 1.42. The lowest BCUT2D eigenvalue weighted by Crippen LogP contribution is -2.41. The fraction of sp³-hybridized carbons (Fsp3) is 0.467. The molecule has 1 heterocycles. The topological polar surface area (TPSA) is 46.2 Å². The van der Waals surface area contributed by atoms with E-state index in [4.69, 9.17) is 0 Å². The molecule has 94 valence electrons. The molecule has 1 aliphatic carbocycles. The Morgan fingerprint density at radius 2 is 2.06 bits per heavy atom. The number of hydrogen-bond acceptors (Lipinski definition) is 2. The zero-order valence-corrected chi connectivity index (χ0v) is 10.5. The van der Waals surface area contributed by atoms with E-state index in [1.165, 1.54) is 0 Å². The van der Waals surface area contributed by atoms with Crippen molar-refractivity contribution < 1.29 is 9.59 Å². The van der Waals surface area contributed by atoms with E-state index >= 15 is 0 Å². The van der Waals surface area contributed by atoms with Crippen LogP contribution >= 0.6 is 0 Å². The Kier molecular flexibility index (Phi) is 2.51. The Morgan fingerprint density at radius 3 is 2.83 bits per heavy atom. The third kappa shape index (κ3) is 1.50. The maximum Gasteiger partial charge on any atom is 0.235 e. The van der Waals surface area contributed by atoms with E-state index in [9.17, 15) is 9.59 Å². The fourth-order valence-electron chi connectivity index (χ4n) is 3.34. The lowest BCUT2D eigenvalue weighted by molar-refractivity contribution is -0.126. The predicted molar refractivity (Wildman–Crippen MR) is 69.4 cm³/mol. The van der Waals surface area contributed by atoms with Crippen molar-refractivity contribution in [1.29, 1.82) is 0 Å². The minimum absolute atomic E-state index is 0.0448. The van der Waals surface area contributed by atoms with Crippen molar-refractivity contribution in [2.45, 2.75) is 38.0 Å². The van der Waals surface area contributed by atoms with Crippen molar-refractivity contribution in [2.24, 2.45) is 5.92 Å². The molecule has 3 rings (SSSR count). The van der Waals surface area contributed by atoms with E-state index in [1.54, 1.807) is 0 Å². The molecule has 1 N–H and O–H groups in total. The molecule has 0 aromatic heterocycles. The first-order chi connectivity index (χ1) is 8.62. The Hall–Kier alpha value is -1.64. The molecule has 2 atom stereocenters. The van der Waals surface area contributed by atoms with Crippen LogP contribution in [0, 0.1) is 5.92 Å². The summed E-state index contributed by atoms with van der Waals surface area (Å²) in [6.45, 7) is 1.98. The highest BCUT2D eigenvalue weighted by molar-refractivity contribution is 6.06. The van der Waals surface area contributed by atoms with Gasteiger partial charge in [0.1, 0.15) is 5.78 Å². The molecule has 1 aromatic rings. The van der Waals surface area contributed by atoms with Gasteiger partial charge in [-0.3, -0.25) is 9.59 Å². The van der Waals surface area contributed by atoms with E-state index in [0.29, 0.717) is 18.6 Å². The SMILES string of the molecule is CC1(C2CCCC(=O)C2)C(=O)Nc2ccccc21. The number of hydrogen-bond donors (Lipinski definition) is 1. The van der Waals surface area contributed by atoms with Crippen molar-refractivity contribution in [2.75, 3.05) is 5.32 Å². The van der Waals surface area contributed by atoms with Crippen molar-refractivity contribution in [3.05, 3.63) is 29.8 Å². The smallest absolute Gasteiger partial charge is 0.235 e. The lowest BCUT2D eigenvalue weighted by atomic mass is 9.66. The minimum atomic E-state index is -0.535. The molecular weight excluding hydrogens is 226 g/mol. The van der Waals surface area contributed by atoms with E-state index in [1.807, 2.05) is 31.2 Å². The van der Waals surface area contributed by atoms with E-state index in [0.717, 1.165) is 24.1 Å². The third-order valence-corrected chi connectivity index (χ3v) is 4.51. The van der Waals surface area contributed by atoms with E-state index in [-0.39, 0.29) is 11.8 Å². The summed E-state index contributed by atoms with van der Waals surface area (Å²) in [5.74, 6) is 0.482. The number of amides is 1. The molecule has 1 amide bonds. The zero-order valence-electron chi connectivity index (χ0n) is 10.5. The minimum Gasteiger partial charge on any atom is -0.325 e. The van der Waals surface area contributed by atoms with Crippen molar-refractivity contribution in [1.82, 2.24) is 0 Å². The van der Waals surface area contributed by atoms with Gasteiger partial charge in [-0.25, -0.2) is 0 Å². The standard InChI is InChI=1S/C15H17NO2/c1-15(10-5-4-6-11(17)9-10)12-7-2-3-8-13(12)16-14(15)18/h2-3,7-8,10H,4-6,9H2,1H3,(H,16,18). The van der Waals surface area contributed by atoms with Gasteiger partial charge in [0, 0.05) is 18.5 Å². The van der Waals surface area contributed by atoms with Gasteiger partial charge >= 0.3 is 0 Å². The monoisotopic (exact) mass is 243 g/mol. The normalized spacial score (nSPS) is 31.1. The van der Waals surface area contributed by atoms with Gasteiger partial charge in [0.15, 0.2) is 0 Å². The fourth-order valence-corrected chi connectivity index (χ4v) is 3.34. The highest BCUT2D eigenvalue weighted by Crippen LogP contribution is 2.47. The van der Waals surface area contributed by atoms with Crippen LogP contribution in [0.5, 0.6) is 0 Å². The first kappa shape index (κ1) is 11.5. The zero-order chi connectivity index (χ0) is 12.8. The van der Waals surface area contributed by atoms with Gasteiger partial charge in [-0.2, -0.15) is 0 Å². The molecule has 2 aliphatic rings. The first-order valence-electron chi connectivity index (χ1n) is 6.55. The number of Topliss-reactive ketones (excluding diaryl/α,β-unsaturated/α-hetero) is 1. The van der Waals surface area contributed by atoms with Crippen molar-refractivity contribution in [3.8, 4) is 0 Å². The largest absolute Gasteiger partial charge is 0.325 e. The molecule has 1 fully saturated rings. The number of anilines is 1. The van der Waals surface area contributed by atoms with Gasteiger partial charge in [0.2, 0.25) is 5.91 Å². The third-order valence-electron chi connectivity index (χ3n) is 4.51.